The summed E-state index contributed by atoms with van der Waals surface area (Å²) in [6.07, 6.45) is -4.55. The highest BCUT2D eigenvalue weighted by Gasteiger charge is 2.41. The number of nitrogens with one attached hydrogen (secondary N) is 1. The van der Waals surface area contributed by atoms with Gasteiger partial charge in [0.2, 0.25) is 0 Å². The van der Waals surface area contributed by atoms with Crippen molar-refractivity contribution < 1.29 is 18.0 Å². The van der Waals surface area contributed by atoms with Crippen LogP contribution >= 0.6 is 0 Å². The molecule has 1 N–H and O–H groups in total. The molecule has 0 heterocycles. The minimum Gasteiger partial charge on any atom is -0.337 e. The van der Waals surface area contributed by atoms with E-state index >= 15 is 0 Å². The summed E-state index contributed by atoms with van der Waals surface area (Å²) in [4.78, 5) is 11.9. The minimum absolute atomic E-state index is 0.00396. The summed E-state index contributed by atoms with van der Waals surface area (Å²) in [5, 5.41) is 2.03. The van der Waals surface area contributed by atoms with Crippen molar-refractivity contribution in [2.24, 2.45) is 0 Å². The molecule has 1 atom stereocenters. The maximum absolute atomic E-state index is 13.1. The maximum Gasteiger partial charge on any atom is 0.412 e. The monoisotopic (exact) mass is 279 g/mol. The van der Waals surface area contributed by atoms with Crippen molar-refractivity contribution in [1.82, 2.24) is 5.32 Å². The van der Waals surface area contributed by atoms with Gasteiger partial charge in [-0.3, -0.25) is 4.79 Å². The maximum atomic E-state index is 13.1. The van der Waals surface area contributed by atoms with Crippen LogP contribution in [0.3, 0.4) is 0 Å². The predicted molar refractivity (Wildman–Crippen MR) is 69.1 cm³/mol. The van der Waals surface area contributed by atoms with Gasteiger partial charge in [0.15, 0.2) is 6.04 Å². The van der Waals surface area contributed by atoms with Crippen molar-refractivity contribution in [3.8, 4) is 0 Å². The van der Waals surface area contributed by atoms with Crippen molar-refractivity contribution in [2.45, 2.75) is 12.2 Å². The van der Waals surface area contributed by atoms with E-state index in [1.807, 2.05) is 5.32 Å². The Balaban J connectivity index is 2.24. The molecule has 1 amide bonds. The molecule has 2 aromatic rings. The number of benzene rings is 2. The summed E-state index contributed by atoms with van der Waals surface area (Å²) in [6, 6.07) is 13.1. The number of amides is 1. The van der Waals surface area contributed by atoms with Gasteiger partial charge in [-0.1, -0.05) is 48.5 Å². The molecule has 0 saturated heterocycles. The van der Waals surface area contributed by atoms with E-state index in [0.717, 1.165) is 0 Å². The lowest BCUT2D eigenvalue weighted by molar-refractivity contribution is -0.155. The molecule has 0 saturated carbocycles. The van der Waals surface area contributed by atoms with E-state index in [-0.39, 0.29) is 11.1 Å². The molecule has 0 bridgehead atoms. The minimum atomic E-state index is -4.55. The molecule has 0 unspecified atom stereocenters. The van der Waals surface area contributed by atoms with Crippen molar-refractivity contribution in [3.63, 3.8) is 0 Å². The van der Waals surface area contributed by atoms with E-state index in [4.69, 9.17) is 0 Å². The van der Waals surface area contributed by atoms with Crippen molar-refractivity contribution >= 4 is 5.91 Å². The first-order valence-corrected chi connectivity index (χ1v) is 5.96. The number of hydrogen-bond donors (Lipinski definition) is 1. The summed E-state index contributed by atoms with van der Waals surface area (Å²) in [6.45, 7) is 0. The van der Waals surface area contributed by atoms with Crippen LogP contribution in [0.2, 0.25) is 0 Å². The molecule has 2 nitrogen and oxygen atoms in total. The fourth-order valence-corrected chi connectivity index (χ4v) is 1.80. The number of alkyl halides is 3. The molecule has 0 aliphatic heterocycles. The number of carbonyl (C=O) groups excluding carboxylic acids is 1. The van der Waals surface area contributed by atoms with Crippen LogP contribution in [-0.4, -0.2) is 12.1 Å². The quantitative estimate of drug-likeness (QED) is 0.911. The Labute approximate surface area is 114 Å². The second kappa shape index (κ2) is 5.77. The molecule has 2 aromatic carbocycles. The van der Waals surface area contributed by atoms with Gasteiger partial charge in [0.1, 0.15) is 0 Å². The molecule has 5 heteroatoms. The largest absolute Gasteiger partial charge is 0.412 e. The van der Waals surface area contributed by atoms with Gasteiger partial charge >= 0.3 is 6.18 Å². The van der Waals surface area contributed by atoms with Crippen molar-refractivity contribution in [2.75, 3.05) is 0 Å². The van der Waals surface area contributed by atoms with Crippen molar-refractivity contribution in [1.29, 1.82) is 0 Å². The fraction of sp³-hybridized carbons (Fsp3) is 0.133. The molecule has 0 aliphatic carbocycles. The average Bonchev–Trinajstić information content (AvgIpc) is 2.45. The molecular formula is C15H12F3NO. The Kier molecular flexibility index (Phi) is 4.08. The van der Waals surface area contributed by atoms with Crippen LogP contribution < -0.4 is 5.32 Å². The van der Waals surface area contributed by atoms with Crippen LogP contribution in [0.1, 0.15) is 22.0 Å². The third kappa shape index (κ3) is 3.38. The normalized spacial score (nSPS) is 12.8. The number of halogens is 3. The number of rotatable bonds is 3. The van der Waals surface area contributed by atoms with E-state index in [9.17, 15) is 18.0 Å². The van der Waals surface area contributed by atoms with Gasteiger partial charge in [0.25, 0.3) is 5.91 Å². The first-order valence-electron chi connectivity index (χ1n) is 5.96. The SMILES string of the molecule is O=C(N[C@@H](c1ccccc1)C(F)(F)F)c1ccccc1. The molecule has 20 heavy (non-hydrogen) atoms. The fourth-order valence-electron chi connectivity index (χ4n) is 1.80. The number of hydrogen-bond acceptors (Lipinski definition) is 1. The van der Waals surface area contributed by atoms with Gasteiger partial charge in [-0.05, 0) is 17.7 Å². The molecule has 0 fully saturated rings. The summed E-state index contributed by atoms with van der Waals surface area (Å²) < 4.78 is 39.2. The van der Waals surface area contributed by atoms with Gasteiger partial charge in [-0.2, -0.15) is 13.2 Å². The third-order valence-electron chi connectivity index (χ3n) is 2.77. The van der Waals surface area contributed by atoms with Gasteiger partial charge in [-0.25, -0.2) is 0 Å². The van der Waals surface area contributed by atoms with E-state index in [1.165, 1.54) is 36.4 Å². The van der Waals surface area contributed by atoms with E-state index < -0.39 is 18.1 Å². The Morgan fingerprint density at radius 3 is 1.90 bits per heavy atom. The Hall–Kier alpha value is -2.30. The van der Waals surface area contributed by atoms with Crippen LogP contribution in [0.15, 0.2) is 60.7 Å². The molecule has 0 aromatic heterocycles. The Morgan fingerprint density at radius 2 is 1.40 bits per heavy atom. The molecular weight excluding hydrogens is 267 g/mol. The first-order chi connectivity index (χ1) is 9.48. The van der Waals surface area contributed by atoms with Crippen LogP contribution in [0.5, 0.6) is 0 Å². The van der Waals surface area contributed by atoms with E-state index in [2.05, 4.69) is 0 Å². The number of carbonyl (C=O) groups is 1. The Morgan fingerprint density at radius 1 is 0.900 bits per heavy atom. The van der Waals surface area contributed by atoms with Crippen LogP contribution in [-0.2, 0) is 0 Å². The summed E-state index contributed by atoms with van der Waals surface area (Å²) in [7, 11) is 0. The summed E-state index contributed by atoms with van der Waals surface area (Å²) in [5.74, 6) is -0.753. The molecule has 104 valence electrons. The van der Waals surface area contributed by atoms with Crippen molar-refractivity contribution in [3.05, 3.63) is 71.8 Å². The summed E-state index contributed by atoms with van der Waals surface area (Å²) >= 11 is 0. The van der Waals surface area contributed by atoms with Gasteiger partial charge < -0.3 is 5.32 Å². The van der Waals surface area contributed by atoms with Gasteiger partial charge in [0, 0.05) is 5.56 Å². The lowest BCUT2D eigenvalue weighted by Crippen LogP contribution is -2.38. The first kappa shape index (κ1) is 14.1. The highest BCUT2D eigenvalue weighted by atomic mass is 19.4. The smallest absolute Gasteiger partial charge is 0.337 e. The van der Waals surface area contributed by atoms with E-state index in [1.54, 1.807) is 24.3 Å². The van der Waals surface area contributed by atoms with Gasteiger partial charge in [0.05, 0.1) is 0 Å². The second-order valence-electron chi connectivity index (χ2n) is 4.22. The van der Waals surface area contributed by atoms with Crippen LogP contribution in [0, 0.1) is 0 Å². The topological polar surface area (TPSA) is 29.1 Å². The zero-order valence-electron chi connectivity index (χ0n) is 10.4. The zero-order chi connectivity index (χ0) is 14.6. The van der Waals surface area contributed by atoms with E-state index in [0.29, 0.717) is 0 Å². The second-order valence-corrected chi connectivity index (χ2v) is 4.22. The van der Waals surface area contributed by atoms with Crippen LogP contribution in [0.25, 0.3) is 0 Å². The highest BCUT2D eigenvalue weighted by Crippen LogP contribution is 2.32. The molecule has 2 rings (SSSR count). The Bertz CT molecular complexity index is 567. The highest BCUT2D eigenvalue weighted by molar-refractivity contribution is 5.94. The predicted octanol–water partition coefficient (Wildman–Crippen LogP) is 3.72. The molecule has 0 radical (unpaired) electrons. The zero-order valence-corrected chi connectivity index (χ0v) is 10.4. The van der Waals surface area contributed by atoms with Gasteiger partial charge in [-0.15, -0.1) is 0 Å². The molecule has 0 aliphatic rings. The standard InChI is InChI=1S/C15H12F3NO/c16-15(17,18)13(11-7-3-1-4-8-11)19-14(20)12-9-5-2-6-10-12/h1-10,13H,(H,19,20)/t13-/m0/s1. The average molecular weight is 279 g/mol. The van der Waals surface area contributed by atoms with Crippen LogP contribution in [0.4, 0.5) is 13.2 Å². The third-order valence-corrected chi connectivity index (χ3v) is 2.77. The molecule has 0 spiro atoms. The summed E-state index contributed by atoms with van der Waals surface area (Å²) in [5.41, 5.74) is 0.196. The lowest BCUT2D eigenvalue weighted by Gasteiger charge is -2.22. The lowest BCUT2D eigenvalue weighted by atomic mass is 10.1.